The molecule has 100 valence electrons. The lowest BCUT2D eigenvalue weighted by Crippen LogP contribution is -2.04. The summed E-state index contributed by atoms with van der Waals surface area (Å²) >= 11 is 12.2. The average molecular weight is 305 g/mol. The normalized spacial score (nSPS) is 19.2. The molecule has 0 spiro atoms. The van der Waals surface area contributed by atoms with E-state index in [0.29, 0.717) is 11.1 Å². The average Bonchev–Trinajstić information content (AvgIpc) is 2.46. The predicted molar refractivity (Wildman–Crippen MR) is 80.8 cm³/mol. The highest BCUT2D eigenvalue weighted by atomic mass is 35.5. The summed E-state index contributed by atoms with van der Waals surface area (Å²) in [5, 5.41) is 21.5. The Bertz CT molecular complexity index is 704. The van der Waals surface area contributed by atoms with Crippen molar-refractivity contribution in [1.29, 1.82) is 5.26 Å². The number of oxime groups is 1. The summed E-state index contributed by atoms with van der Waals surface area (Å²) in [5.74, 6) is 0. The maximum Gasteiger partial charge on any atom is 0.122 e. The van der Waals surface area contributed by atoms with E-state index >= 15 is 0 Å². The van der Waals surface area contributed by atoms with Gasteiger partial charge in [0, 0.05) is 5.57 Å². The largest absolute Gasteiger partial charge is 0.410 e. The van der Waals surface area contributed by atoms with Gasteiger partial charge in [-0.1, -0.05) is 58.2 Å². The van der Waals surface area contributed by atoms with Crippen molar-refractivity contribution < 1.29 is 5.21 Å². The van der Waals surface area contributed by atoms with Crippen LogP contribution < -0.4 is 0 Å². The molecule has 0 aromatic heterocycles. The quantitative estimate of drug-likeness (QED) is 0.476. The zero-order valence-electron chi connectivity index (χ0n) is 10.6. The van der Waals surface area contributed by atoms with Gasteiger partial charge in [0.1, 0.15) is 11.8 Å². The van der Waals surface area contributed by atoms with Gasteiger partial charge in [0.2, 0.25) is 0 Å². The van der Waals surface area contributed by atoms with E-state index < -0.39 is 0 Å². The van der Waals surface area contributed by atoms with Gasteiger partial charge in [0.15, 0.2) is 0 Å². The van der Waals surface area contributed by atoms with Crippen molar-refractivity contribution in [3.8, 4) is 6.07 Å². The Morgan fingerprint density at radius 3 is 2.35 bits per heavy atom. The van der Waals surface area contributed by atoms with Crippen LogP contribution in [0.25, 0.3) is 5.57 Å². The van der Waals surface area contributed by atoms with Crippen LogP contribution in [0.1, 0.15) is 11.1 Å². The second-order valence-corrected chi connectivity index (χ2v) is 4.97. The molecule has 0 amide bonds. The summed E-state index contributed by atoms with van der Waals surface area (Å²) in [4.78, 5) is 0. The molecule has 0 saturated carbocycles. The Hall–Kier alpha value is -2.02. The van der Waals surface area contributed by atoms with Gasteiger partial charge >= 0.3 is 0 Å². The topological polar surface area (TPSA) is 56.4 Å². The highest BCUT2D eigenvalue weighted by Gasteiger charge is 2.20. The molecule has 0 atom stereocenters. The van der Waals surface area contributed by atoms with Gasteiger partial charge < -0.3 is 5.21 Å². The van der Waals surface area contributed by atoms with Crippen molar-refractivity contribution in [3.63, 3.8) is 0 Å². The van der Waals surface area contributed by atoms with Crippen LogP contribution in [0.3, 0.4) is 0 Å². The summed E-state index contributed by atoms with van der Waals surface area (Å²) in [6.45, 7) is 1.97. The van der Waals surface area contributed by atoms with Crippen LogP contribution in [0.15, 0.2) is 57.2 Å². The maximum atomic E-state index is 9.38. The van der Waals surface area contributed by atoms with Crippen LogP contribution in [-0.4, -0.2) is 10.9 Å². The van der Waals surface area contributed by atoms with Gasteiger partial charge in [-0.2, -0.15) is 5.26 Å². The molecular formula is C15H10Cl2N2O. The summed E-state index contributed by atoms with van der Waals surface area (Å²) in [6.07, 6.45) is 3.12. The van der Waals surface area contributed by atoms with E-state index in [1.165, 1.54) is 6.08 Å². The second kappa shape index (κ2) is 5.96. The van der Waals surface area contributed by atoms with Crippen LogP contribution >= 0.6 is 23.2 Å². The van der Waals surface area contributed by atoms with Crippen LogP contribution in [0.5, 0.6) is 0 Å². The van der Waals surface area contributed by atoms with E-state index in [1.807, 2.05) is 31.2 Å². The Labute approximate surface area is 126 Å². The predicted octanol–water partition coefficient (Wildman–Crippen LogP) is 4.36. The van der Waals surface area contributed by atoms with E-state index in [2.05, 4.69) is 11.2 Å². The third-order valence-electron chi connectivity index (χ3n) is 2.89. The van der Waals surface area contributed by atoms with E-state index in [0.717, 1.165) is 11.1 Å². The van der Waals surface area contributed by atoms with E-state index in [1.54, 1.807) is 6.08 Å². The molecule has 0 saturated heterocycles. The molecule has 0 bridgehead atoms. The highest BCUT2D eigenvalue weighted by Crippen LogP contribution is 2.34. The zero-order chi connectivity index (χ0) is 14.7. The van der Waals surface area contributed by atoms with E-state index in [9.17, 15) is 5.26 Å². The Kier molecular flexibility index (Phi) is 4.29. The second-order valence-electron chi connectivity index (χ2n) is 4.21. The zero-order valence-corrected chi connectivity index (χ0v) is 12.1. The smallest absolute Gasteiger partial charge is 0.122 e. The first-order valence-electron chi connectivity index (χ1n) is 5.76. The van der Waals surface area contributed by atoms with Crippen LogP contribution in [0, 0.1) is 18.3 Å². The molecule has 3 nitrogen and oxygen atoms in total. The monoisotopic (exact) mass is 304 g/mol. The van der Waals surface area contributed by atoms with Crippen molar-refractivity contribution >= 4 is 34.5 Å². The van der Waals surface area contributed by atoms with Gasteiger partial charge in [-0.25, -0.2) is 0 Å². The summed E-state index contributed by atoms with van der Waals surface area (Å²) in [6, 6.07) is 9.67. The van der Waals surface area contributed by atoms with E-state index in [4.69, 9.17) is 28.4 Å². The van der Waals surface area contributed by atoms with E-state index in [-0.39, 0.29) is 15.8 Å². The third kappa shape index (κ3) is 2.62. The Balaban J connectivity index is 2.61. The number of benzene rings is 1. The minimum absolute atomic E-state index is 0.117. The van der Waals surface area contributed by atoms with Crippen molar-refractivity contribution in [2.75, 3.05) is 0 Å². The highest BCUT2D eigenvalue weighted by molar-refractivity contribution is 6.52. The summed E-state index contributed by atoms with van der Waals surface area (Å²) in [7, 11) is 0. The van der Waals surface area contributed by atoms with Crippen LogP contribution in [0.4, 0.5) is 0 Å². The molecule has 0 fully saturated rings. The molecular weight excluding hydrogens is 295 g/mol. The van der Waals surface area contributed by atoms with Crippen molar-refractivity contribution in [2.24, 2.45) is 5.16 Å². The number of nitrogens with zero attached hydrogens (tertiary/aromatic N) is 2. The van der Waals surface area contributed by atoms with Gasteiger partial charge in [0.25, 0.3) is 0 Å². The Morgan fingerprint density at radius 1 is 1.15 bits per heavy atom. The fraction of sp³-hybridized carbons (Fsp3) is 0.0667. The molecule has 0 unspecified atom stereocenters. The molecule has 1 N–H and O–H groups in total. The fourth-order valence-corrected chi connectivity index (χ4v) is 2.27. The number of halogens is 2. The molecule has 1 aliphatic carbocycles. The SMILES string of the molecule is Cc1ccc(/C(C#N)=C2C=C/C(=N/O)C(Cl)=C\2Cl)cc1. The lowest BCUT2D eigenvalue weighted by atomic mass is 9.96. The number of hydrogen-bond acceptors (Lipinski definition) is 3. The molecule has 1 aromatic carbocycles. The maximum absolute atomic E-state index is 9.38. The summed E-state index contributed by atoms with van der Waals surface area (Å²) < 4.78 is 0. The van der Waals surface area contributed by atoms with Gasteiger partial charge in [-0.15, -0.1) is 0 Å². The number of allylic oxidation sites excluding steroid dienone is 6. The minimum Gasteiger partial charge on any atom is -0.410 e. The minimum atomic E-state index is 0.117. The molecule has 0 heterocycles. The van der Waals surface area contributed by atoms with Crippen molar-refractivity contribution in [3.05, 3.63) is 63.2 Å². The molecule has 20 heavy (non-hydrogen) atoms. The third-order valence-corrected chi connectivity index (χ3v) is 3.76. The van der Waals surface area contributed by atoms with Crippen LogP contribution in [0.2, 0.25) is 0 Å². The molecule has 1 aliphatic rings. The van der Waals surface area contributed by atoms with Crippen molar-refractivity contribution in [2.45, 2.75) is 6.92 Å². The Morgan fingerprint density at radius 2 is 1.80 bits per heavy atom. The van der Waals surface area contributed by atoms with Gasteiger partial charge in [0.05, 0.1) is 15.6 Å². The van der Waals surface area contributed by atoms with Gasteiger partial charge in [-0.3, -0.25) is 0 Å². The summed E-state index contributed by atoms with van der Waals surface area (Å²) in [5.41, 5.74) is 2.95. The first-order valence-corrected chi connectivity index (χ1v) is 6.51. The molecule has 1 aromatic rings. The number of nitriles is 1. The van der Waals surface area contributed by atoms with Crippen LogP contribution in [-0.2, 0) is 0 Å². The lowest BCUT2D eigenvalue weighted by Gasteiger charge is -2.12. The van der Waals surface area contributed by atoms with Crippen molar-refractivity contribution in [1.82, 2.24) is 0 Å². The lowest BCUT2D eigenvalue weighted by molar-refractivity contribution is 0.320. The number of aryl methyl sites for hydroxylation is 1. The van der Waals surface area contributed by atoms with Gasteiger partial charge in [-0.05, 0) is 24.6 Å². The fourth-order valence-electron chi connectivity index (χ4n) is 1.81. The number of hydrogen-bond donors (Lipinski definition) is 1. The molecule has 5 heteroatoms. The first-order chi connectivity index (χ1) is 9.58. The standard InChI is InChI=1S/C15H10Cl2N2O/c1-9-2-4-10(5-3-9)12(8-18)11-6-7-13(19-20)15(17)14(11)16/h2-7,20H,1H3/b12-11+,19-13-. The molecule has 0 radical (unpaired) electrons. The molecule has 2 rings (SSSR count). The molecule has 0 aliphatic heterocycles. The first kappa shape index (κ1) is 14.4. The number of rotatable bonds is 1.